The fourth-order valence-electron chi connectivity index (χ4n) is 4.39. The van der Waals surface area contributed by atoms with Crippen LogP contribution in [-0.4, -0.2) is 33.5 Å². The van der Waals surface area contributed by atoms with E-state index >= 15 is 0 Å². The molecule has 2 heterocycles. The van der Waals surface area contributed by atoms with Crippen molar-refractivity contribution in [2.75, 3.05) is 6.54 Å². The van der Waals surface area contributed by atoms with E-state index in [1.54, 1.807) is 12.1 Å². The van der Waals surface area contributed by atoms with Gasteiger partial charge in [-0.2, -0.15) is 0 Å². The van der Waals surface area contributed by atoms with Crippen molar-refractivity contribution in [2.45, 2.75) is 51.7 Å². The minimum atomic E-state index is -0.369. The topological polar surface area (TPSA) is 93.0 Å². The van der Waals surface area contributed by atoms with Gasteiger partial charge in [0, 0.05) is 53.1 Å². The second-order valence-corrected chi connectivity index (χ2v) is 8.23. The normalized spacial score (nSPS) is 16.8. The van der Waals surface area contributed by atoms with Gasteiger partial charge < -0.3 is 10.6 Å². The van der Waals surface area contributed by atoms with Gasteiger partial charge in [-0.15, -0.1) is 0 Å². The Hall–Kier alpha value is -3.16. The first kappa shape index (κ1) is 22.0. The van der Waals surface area contributed by atoms with Gasteiger partial charge in [-0.25, -0.2) is 9.97 Å². The van der Waals surface area contributed by atoms with Crippen LogP contribution in [0.25, 0.3) is 22.6 Å². The van der Waals surface area contributed by atoms with Crippen LogP contribution in [0.5, 0.6) is 0 Å². The van der Waals surface area contributed by atoms with E-state index in [-0.39, 0.29) is 10.6 Å². The molecular formula is C25H29N5O2. The molecule has 2 N–H and O–H groups in total. The molecule has 0 aliphatic carbocycles. The first-order chi connectivity index (χ1) is 15.6. The molecule has 32 heavy (non-hydrogen) atoms. The Kier molecular flexibility index (Phi) is 6.87. The van der Waals surface area contributed by atoms with Crippen molar-refractivity contribution in [3.63, 3.8) is 0 Å². The zero-order valence-corrected chi connectivity index (χ0v) is 18.5. The lowest BCUT2D eigenvalue weighted by molar-refractivity contribution is -0.384. The highest BCUT2D eigenvalue weighted by Gasteiger charge is 2.24. The minimum Gasteiger partial charge on any atom is -0.312 e. The molecule has 2 unspecified atom stereocenters. The van der Waals surface area contributed by atoms with Crippen LogP contribution >= 0.6 is 0 Å². The van der Waals surface area contributed by atoms with Gasteiger partial charge in [0.1, 0.15) is 0 Å². The SMILES string of the molecule is CCC(NCc1c(C)nc(-c2ccccc2)nc1-c1cccc([N+](=O)[O-])c1)C1CCCN1. The third kappa shape index (κ3) is 4.84. The van der Waals surface area contributed by atoms with Crippen molar-refractivity contribution in [3.05, 3.63) is 76.0 Å². The molecule has 4 rings (SSSR count). The van der Waals surface area contributed by atoms with Gasteiger partial charge in [-0.3, -0.25) is 10.1 Å². The van der Waals surface area contributed by atoms with E-state index in [1.165, 1.54) is 18.9 Å². The van der Waals surface area contributed by atoms with E-state index in [1.807, 2.05) is 43.3 Å². The Balaban J connectivity index is 1.74. The van der Waals surface area contributed by atoms with E-state index in [4.69, 9.17) is 9.97 Å². The summed E-state index contributed by atoms with van der Waals surface area (Å²) < 4.78 is 0. The Labute approximate surface area is 188 Å². The smallest absolute Gasteiger partial charge is 0.270 e. The summed E-state index contributed by atoms with van der Waals surface area (Å²) in [5.74, 6) is 0.623. The van der Waals surface area contributed by atoms with Crippen molar-refractivity contribution in [1.82, 2.24) is 20.6 Å². The highest BCUT2D eigenvalue weighted by molar-refractivity contribution is 5.69. The van der Waals surface area contributed by atoms with Crippen molar-refractivity contribution in [1.29, 1.82) is 0 Å². The molecule has 1 fully saturated rings. The fourth-order valence-corrected chi connectivity index (χ4v) is 4.39. The van der Waals surface area contributed by atoms with Crippen LogP contribution in [0.15, 0.2) is 54.6 Å². The number of nitro benzene ring substituents is 1. The maximum atomic E-state index is 11.4. The lowest BCUT2D eigenvalue weighted by atomic mass is 10.0. The van der Waals surface area contributed by atoms with Gasteiger partial charge >= 0.3 is 0 Å². The van der Waals surface area contributed by atoms with Crippen LogP contribution in [0.2, 0.25) is 0 Å². The zero-order valence-electron chi connectivity index (χ0n) is 18.5. The summed E-state index contributed by atoms with van der Waals surface area (Å²) in [7, 11) is 0. The summed E-state index contributed by atoms with van der Waals surface area (Å²) in [5.41, 5.74) is 4.29. The maximum absolute atomic E-state index is 11.4. The van der Waals surface area contributed by atoms with E-state index < -0.39 is 0 Å². The lowest BCUT2D eigenvalue weighted by Gasteiger charge is -2.25. The average Bonchev–Trinajstić information content (AvgIpc) is 3.35. The number of rotatable bonds is 8. The Morgan fingerprint density at radius 3 is 2.62 bits per heavy atom. The summed E-state index contributed by atoms with van der Waals surface area (Å²) in [6.07, 6.45) is 3.40. The molecule has 2 atom stereocenters. The molecular weight excluding hydrogens is 402 g/mol. The molecule has 0 spiro atoms. The predicted octanol–water partition coefficient (Wildman–Crippen LogP) is 4.65. The molecule has 1 saturated heterocycles. The highest BCUT2D eigenvalue weighted by atomic mass is 16.6. The summed E-state index contributed by atoms with van der Waals surface area (Å²) in [6.45, 7) is 5.85. The Bertz CT molecular complexity index is 1080. The van der Waals surface area contributed by atoms with Crippen molar-refractivity contribution in [3.8, 4) is 22.6 Å². The molecule has 7 heteroatoms. The molecule has 3 aromatic rings. The van der Waals surface area contributed by atoms with E-state index in [0.29, 0.717) is 24.5 Å². The van der Waals surface area contributed by atoms with Gasteiger partial charge in [-0.05, 0) is 32.7 Å². The number of benzene rings is 2. The standard InChI is InChI=1S/C25H29N5O2/c1-3-22(23-13-8-14-26-23)27-16-21-17(2)28-25(18-9-5-4-6-10-18)29-24(21)19-11-7-12-20(15-19)30(31)32/h4-7,9-12,15,22-23,26-27H,3,8,13-14,16H2,1-2H3. The van der Waals surface area contributed by atoms with Gasteiger partial charge in [-0.1, -0.05) is 49.4 Å². The molecule has 1 aromatic heterocycles. The Morgan fingerprint density at radius 1 is 1.16 bits per heavy atom. The fraction of sp³-hybridized carbons (Fsp3) is 0.360. The van der Waals surface area contributed by atoms with E-state index in [9.17, 15) is 10.1 Å². The monoisotopic (exact) mass is 431 g/mol. The van der Waals surface area contributed by atoms with Gasteiger partial charge in [0.15, 0.2) is 5.82 Å². The number of hydrogen-bond acceptors (Lipinski definition) is 6. The predicted molar refractivity (Wildman–Crippen MR) is 126 cm³/mol. The average molecular weight is 432 g/mol. The minimum absolute atomic E-state index is 0.0560. The molecule has 0 amide bonds. The van der Waals surface area contributed by atoms with Crippen LogP contribution in [0, 0.1) is 17.0 Å². The van der Waals surface area contributed by atoms with Crippen LogP contribution in [0.1, 0.15) is 37.4 Å². The largest absolute Gasteiger partial charge is 0.312 e. The summed E-state index contributed by atoms with van der Waals surface area (Å²) in [6, 6.07) is 17.3. The zero-order chi connectivity index (χ0) is 22.5. The molecule has 0 radical (unpaired) electrons. The first-order valence-corrected chi connectivity index (χ1v) is 11.2. The third-order valence-corrected chi connectivity index (χ3v) is 6.14. The number of aryl methyl sites for hydroxylation is 1. The number of aromatic nitrogens is 2. The summed E-state index contributed by atoms with van der Waals surface area (Å²) in [5, 5.41) is 18.7. The molecule has 1 aliphatic rings. The molecule has 2 aromatic carbocycles. The molecule has 0 bridgehead atoms. The molecule has 1 aliphatic heterocycles. The second-order valence-electron chi connectivity index (χ2n) is 8.23. The summed E-state index contributed by atoms with van der Waals surface area (Å²) >= 11 is 0. The number of hydrogen-bond donors (Lipinski definition) is 2. The number of nitrogens with one attached hydrogen (secondary N) is 2. The van der Waals surface area contributed by atoms with Crippen molar-refractivity contribution in [2.24, 2.45) is 0 Å². The quantitative estimate of drug-likeness (QED) is 0.398. The van der Waals surface area contributed by atoms with Gasteiger partial charge in [0.05, 0.1) is 10.6 Å². The second kappa shape index (κ2) is 9.97. The van der Waals surface area contributed by atoms with Gasteiger partial charge in [0.2, 0.25) is 0 Å². The van der Waals surface area contributed by atoms with Crippen LogP contribution in [0.4, 0.5) is 5.69 Å². The number of nitro groups is 1. The lowest BCUT2D eigenvalue weighted by Crippen LogP contribution is -2.44. The van der Waals surface area contributed by atoms with Crippen LogP contribution < -0.4 is 10.6 Å². The molecule has 7 nitrogen and oxygen atoms in total. The molecule has 166 valence electrons. The van der Waals surface area contributed by atoms with Crippen molar-refractivity contribution < 1.29 is 4.92 Å². The van der Waals surface area contributed by atoms with E-state index in [0.717, 1.165) is 41.0 Å². The van der Waals surface area contributed by atoms with Crippen LogP contribution in [-0.2, 0) is 6.54 Å². The number of nitrogens with zero attached hydrogens (tertiary/aromatic N) is 3. The highest BCUT2D eigenvalue weighted by Crippen LogP contribution is 2.29. The van der Waals surface area contributed by atoms with Gasteiger partial charge in [0.25, 0.3) is 5.69 Å². The Morgan fingerprint density at radius 2 is 1.94 bits per heavy atom. The third-order valence-electron chi connectivity index (χ3n) is 6.14. The van der Waals surface area contributed by atoms with E-state index in [2.05, 4.69) is 17.6 Å². The number of non-ortho nitro benzene ring substituents is 1. The van der Waals surface area contributed by atoms with Crippen LogP contribution in [0.3, 0.4) is 0 Å². The first-order valence-electron chi connectivity index (χ1n) is 11.2. The summed E-state index contributed by atoms with van der Waals surface area (Å²) in [4.78, 5) is 20.7. The van der Waals surface area contributed by atoms with Crippen molar-refractivity contribution >= 4 is 5.69 Å². The maximum Gasteiger partial charge on any atom is 0.270 e. The molecule has 0 saturated carbocycles.